The molecule has 0 bridgehead atoms. The maximum absolute atomic E-state index is 13.7. The average Bonchev–Trinajstić information content (AvgIpc) is 3.21. The van der Waals surface area contributed by atoms with Gasteiger partial charge in [0.05, 0.1) is 24.6 Å². The van der Waals surface area contributed by atoms with Crippen molar-refractivity contribution in [3.8, 4) is 0 Å². The largest absolute Gasteiger partial charge is 0.481 e. The van der Waals surface area contributed by atoms with Gasteiger partial charge in [-0.2, -0.15) is 0 Å². The summed E-state index contributed by atoms with van der Waals surface area (Å²) < 4.78 is 0. The van der Waals surface area contributed by atoms with Crippen LogP contribution < -0.4 is 37.6 Å². The van der Waals surface area contributed by atoms with Crippen molar-refractivity contribution in [2.45, 2.75) is 155 Å². The van der Waals surface area contributed by atoms with Gasteiger partial charge >= 0.3 is 23.9 Å². The fraction of sp³-hybridized carbons (Fsp3) is 0.636. The minimum atomic E-state index is -1.70. The minimum Gasteiger partial charge on any atom is -0.481 e. The summed E-state index contributed by atoms with van der Waals surface area (Å²) in [6, 6.07) is -1.16. The number of carbonyl (C=O) groups excluding carboxylic acids is 6. The number of carboxylic acid groups (broad SMARTS) is 4. The van der Waals surface area contributed by atoms with Crippen molar-refractivity contribution in [2.24, 2.45) is 29.4 Å². The Morgan fingerprint density at radius 1 is 0.530 bits per heavy atom. The van der Waals surface area contributed by atoms with Crippen molar-refractivity contribution < 1.29 is 73.5 Å². The van der Waals surface area contributed by atoms with E-state index in [-0.39, 0.29) is 43.9 Å². The fourth-order valence-electron chi connectivity index (χ4n) is 6.74. The van der Waals surface area contributed by atoms with Crippen molar-refractivity contribution in [1.29, 1.82) is 0 Å². The Balaban J connectivity index is 3.20. The number of nitrogens with one attached hydrogen (secondary N) is 6. The van der Waals surface area contributed by atoms with E-state index in [1.807, 2.05) is 0 Å². The number of hydrogen-bond donors (Lipinski definition) is 12. The molecule has 0 aromatic heterocycles. The summed E-state index contributed by atoms with van der Waals surface area (Å²) in [6.07, 6.45) is -4.17. The lowest BCUT2D eigenvalue weighted by Crippen LogP contribution is -2.58. The first-order valence-electron chi connectivity index (χ1n) is 21.9. The van der Waals surface area contributed by atoms with Gasteiger partial charge in [0.2, 0.25) is 35.4 Å². The first-order valence-corrected chi connectivity index (χ1v) is 21.9. The molecule has 6 amide bonds. The van der Waals surface area contributed by atoms with Crippen LogP contribution >= 0.6 is 0 Å². The Hall–Kier alpha value is -6.16. The number of hydrogen-bond acceptors (Lipinski definition) is 12. The third-order valence-corrected chi connectivity index (χ3v) is 10.3. The molecule has 1 aromatic rings. The Kier molecular flexibility index (Phi) is 25.1. The summed E-state index contributed by atoms with van der Waals surface area (Å²) in [5.41, 5.74) is 6.40. The van der Waals surface area contributed by atoms with Crippen LogP contribution in [0.25, 0.3) is 0 Å². The summed E-state index contributed by atoms with van der Waals surface area (Å²) in [5.74, 6) is -12.6. The Labute approximate surface area is 384 Å². The van der Waals surface area contributed by atoms with Crippen molar-refractivity contribution in [3.63, 3.8) is 0 Å². The lowest BCUT2D eigenvalue weighted by atomic mass is 9.91. The first-order chi connectivity index (χ1) is 30.7. The molecule has 66 heavy (non-hydrogen) atoms. The highest BCUT2D eigenvalue weighted by molar-refractivity contribution is 5.95. The summed E-state index contributed by atoms with van der Waals surface area (Å²) in [4.78, 5) is 127. The number of aliphatic hydroxyl groups excluding tert-OH is 1. The molecule has 9 atom stereocenters. The molecule has 0 radical (unpaired) electrons. The van der Waals surface area contributed by atoms with Crippen LogP contribution in [0.4, 0.5) is 0 Å². The molecule has 0 saturated heterocycles. The number of nitrogens with two attached hydrogens (primary N) is 1. The monoisotopic (exact) mass is 935 g/mol. The van der Waals surface area contributed by atoms with Gasteiger partial charge in [-0.05, 0) is 55.4 Å². The molecule has 13 N–H and O–H groups in total. The van der Waals surface area contributed by atoms with Crippen LogP contribution in [0.1, 0.15) is 105 Å². The van der Waals surface area contributed by atoms with Crippen molar-refractivity contribution in [3.05, 3.63) is 35.9 Å². The van der Waals surface area contributed by atoms with E-state index in [9.17, 15) is 68.4 Å². The van der Waals surface area contributed by atoms with Gasteiger partial charge in [0.1, 0.15) is 30.2 Å². The van der Waals surface area contributed by atoms with E-state index in [2.05, 4.69) is 31.9 Å². The van der Waals surface area contributed by atoms with E-state index in [4.69, 9.17) is 10.8 Å². The molecule has 0 fully saturated rings. The minimum absolute atomic E-state index is 0.0433. The summed E-state index contributed by atoms with van der Waals surface area (Å²) in [6.45, 7) is 11.7. The summed E-state index contributed by atoms with van der Waals surface area (Å²) in [5, 5.41) is 63.9. The highest BCUT2D eigenvalue weighted by Gasteiger charge is 2.35. The van der Waals surface area contributed by atoms with Crippen molar-refractivity contribution in [2.75, 3.05) is 0 Å². The standard InChI is InChI=1S/C44H69N7O15/c1-22(2)17-29(47-42(63)31(21-36(57)58)49-41(62)30(18-23(3)4)48-39(60)27(45)13-15-34(53)54)33(52)19-25(7)38(59)51-37(24(5)6)43(64)46-28(14-16-35(55)56)40(61)50-32(44(65)66)20-26-11-9-8-10-12-26/h8-12,22-25,27-33,37,52H,13-21,45H2,1-7H3,(H,46,64)(H,47,63)(H,48,60)(H,49,62)(H,50,61)(H,51,59)(H,53,54)(H,55,56)(H,57,58)(H,65,66)/t25-,27+,28+,29+,30+,31+,32?,33+,37+/m1/s1. The maximum atomic E-state index is 13.7. The molecule has 0 aliphatic carbocycles. The highest BCUT2D eigenvalue weighted by atomic mass is 16.4. The molecule has 0 aliphatic heterocycles. The zero-order valence-electron chi connectivity index (χ0n) is 38.6. The third-order valence-electron chi connectivity index (χ3n) is 10.3. The zero-order valence-corrected chi connectivity index (χ0v) is 38.6. The van der Waals surface area contributed by atoms with E-state index < -0.39 is 145 Å². The predicted molar refractivity (Wildman–Crippen MR) is 237 cm³/mol. The summed E-state index contributed by atoms with van der Waals surface area (Å²) in [7, 11) is 0. The van der Waals surface area contributed by atoms with Gasteiger partial charge in [0.25, 0.3) is 0 Å². The molecule has 1 rings (SSSR count). The predicted octanol–water partition coefficient (Wildman–Crippen LogP) is -0.111. The second-order valence-corrected chi connectivity index (χ2v) is 17.7. The lowest BCUT2D eigenvalue weighted by molar-refractivity contribution is -0.143. The molecular formula is C44H69N7O15. The molecule has 22 heteroatoms. The smallest absolute Gasteiger partial charge is 0.326 e. The quantitative estimate of drug-likeness (QED) is 0.0462. The third kappa shape index (κ3) is 22.2. The molecule has 0 heterocycles. The van der Waals surface area contributed by atoms with E-state index in [1.54, 1.807) is 71.9 Å². The number of carbonyl (C=O) groups is 10. The van der Waals surface area contributed by atoms with Crippen LogP contribution in [0, 0.1) is 23.7 Å². The van der Waals surface area contributed by atoms with E-state index in [1.165, 1.54) is 6.92 Å². The normalized spacial score (nSPS) is 15.4. The molecule has 0 saturated carbocycles. The van der Waals surface area contributed by atoms with Gasteiger partial charge in [-0.1, -0.05) is 78.8 Å². The average molecular weight is 936 g/mol. The molecule has 0 spiro atoms. The number of amides is 6. The molecule has 370 valence electrons. The van der Waals surface area contributed by atoms with Gasteiger partial charge in [-0.25, -0.2) is 4.79 Å². The second-order valence-electron chi connectivity index (χ2n) is 17.7. The Bertz CT molecular complexity index is 1830. The highest BCUT2D eigenvalue weighted by Crippen LogP contribution is 2.18. The molecule has 1 aromatic carbocycles. The van der Waals surface area contributed by atoms with Crippen LogP contribution in [-0.2, 0) is 54.4 Å². The van der Waals surface area contributed by atoms with Crippen molar-refractivity contribution >= 4 is 59.3 Å². The van der Waals surface area contributed by atoms with Crippen LogP contribution in [0.2, 0.25) is 0 Å². The number of aliphatic carboxylic acids is 4. The fourth-order valence-corrected chi connectivity index (χ4v) is 6.74. The van der Waals surface area contributed by atoms with Gasteiger partial charge < -0.3 is 63.2 Å². The van der Waals surface area contributed by atoms with Crippen molar-refractivity contribution in [1.82, 2.24) is 31.9 Å². The Morgan fingerprint density at radius 3 is 1.55 bits per heavy atom. The van der Waals surface area contributed by atoms with E-state index >= 15 is 0 Å². The first kappa shape index (κ1) is 57.9. The van der Waals surface area contributed by atoms with Gasteiger partial charge in [-0.3, -0.25) is 43.2 Å². The molecule has 22 nitrogen and oxygen atoms in total. The van der Waals surface area contributed by atoms with Crippen LogP contribution in [0.3, 0.4) is 0 Å². The zero-order chi connectivity index (χ0) is 50.4. The second kappa shape index (κ2) is 28.7. The summed E-state index contributed by atoms with van der Waals surface area (Å²) >= 11 is 0. The van der Waals surface area contributed by atoms with Gasteiger partial charge in [0, 0.05) is 25.2 Å². The van der Waals surface area contributed by atoms with E-state index in [0.717, 1.165) is 0 Å². The number of carboxylic acids is 4. The Morgan fingerprint density at radius 2 is 1.03 bits per heavy atom. The molecular weight excluding hydrogens is 867 g/mol. The number of aliphatic hydroxyl groups is 1. The maximum Gasteiger partial charge on any atom is 0.326 e. The van der Waals surface area contributed by atoms with Crippen LogP contribution in [-0.4, -0.2) is 133 Å². The molecule has 1 unspecified atom stereocenters. The van der Waals surface area contributed by atoms with Gasteiger partial charge in [-0.15, -0.1) is 0 Å². The lowest BCUT2D eigenvalue weighted by Gasteiger charge is -2.30. The molecule has 0 aliphatic rings. The number of rotatable bonds is 31. The SMILES string of the molecule is CC(C)C[C@H](NC(=O)[C@@H](N)CCC(=O)O)C(=O)N[C@@H](CC(=O)O)C(=O)N[C@@H](CC(C)C)[C@@H](O)C[C@@H](C)C(=O)N[C@H](C(=O)N[C@@H](CCC(=O)O)C(=O)NC(Cc1ccccc1)C(=O)O)C(C)C. The van der Waals surface area contributed by atoms with Gasteiger partial charge in [0.15, 0.2) is 0 Å². The number of benzene rings is 1. The van der Waals surface area contributed by atoms with Crippen LogP contribution in [0.15, 0.2) is 30.3 Å². The van der Waals surface area contributed by atoms with E-state index in [0.29, 0.717) is 5.56 Å². The topological polar surface area (TPSA) is 370 Å². The van der Waals surface area contributed by atoms with Crippen LogP contribution in [0.5, 0.6) is 0 Å².